The SMILES string of the molecule is O=C(O)c1ccccc1Nc1cccc(CCCc2ccc(N3CCNCC3)cc2)c1. The van der Waals surface area contributed by atoms with E-state index >= 15 is 0 Å². The fourth-order valence-corrected chi connectivity index (χ4v) is 4.03. The highest BCUT2D eigenvalue weighted by Gasteiger charge is 2.10. The van der Waals surface area contributed by atoms with Crippen molar-refractivity contribution in [1.29, 1.82) is 0 Å². The molecule has 0 aromatic heterocycles. The number of benzene rings is 3. The predicted octanol–water partition coefficient (Wildman–Crippen LogP) is 4.71. The Balaban J connectivity index is 1.32. The van der Waals surface area contributed by atoms with Gasteiger partial charge in [0.1, 0.15) is 0 Å². The molecule has 1 fully saturated rings. The number of nitrogens with zero attached hydrogens (tertiary/aromatic N) is 1. The number of piperazine rings is 1. The van der Waals surface area contributed by atoms with E-state index in [1.54, 1.807) is 18.2 Å². The van der Waals surface area contributed by atoms with Gasteiger partial charge in [-0.3, -0.25) is 0 Å². The Morgan fingerprint density at radius 1 is 0.903 bits per heavy atom. The van der Waals surface area contributed by atoms with Gasteiger partial charge in [0.15, 0.2) is 0 Å². The first-order chi connectivity index (χ1) is 15.2. The summed E-state index contributed by atoms with van der Waals surface area (Å²) < 4.78 is 0. The Morgan fingerprint density at radius 2 is 1.65 bits per heavy atom. The molecule has 0 unspecified atom stereocenters. The van der Waals surface area contributed by atoms with Crippen LogP contribution in [0.1, 0.15) is 27.9 Å². The first-order valence-corrected chi connectivity index (χ1v) is 10.9. The molecule has 3 N–H and O–H groups in total. The molecule has 0 atom stereocenters. The maximum absolute atomic E-state index is 11.4. The third-order valence-corrected chi connectivity index (χ3v) is 5.71. The number of anilines is 3. The molecule has 5 nitrogen and oxygen atoms in total. The maximum Gasteiger partial charge on any atom is 0.337 e. The largest absolute Gasteiger partial charge is 0.478 e. The number of hydrogen-bond donors (Lipinski definition) is 3. The summed E-state index contributed by atoms with van der Waals surface area (Å²) >= 11 is 0. The van der Waals surface area contributed by atoms with Crippen molar-refractivity contribution in [3.05, 3.63) is 89.5 Å². The number of para-hydroxylation sites is 1. The molecule has 31 heavy (non-hydrogen) atoms. The molecule has 160 valence electrons. The molecule has 0 saturated carbocycles. The van der Waals surface area contributed by atoms with E-state index in [4.69, 9.17) is 0 Å². The van der Waals surface area contributed by atoms with Crippen molar-refractivity contribution < 1.29 is 9.90 Å². The average Bonchev–Trinajstić information content (AvgIpc) is 2.81. The van der Waals surface area contributed by atoms with Gasteiger partial charge in [-0.1, -0.05) is 36.4 Å². The molecule has 1 heterocycles. The van der Waals surface area contributed by atoms with Crippen molar-refractivity contribution in [3.8, 4) is 0 Å². The highest BCUT2D eigenvalue weighted by atomic mass is 16.4. The number of aromatic carboxylic acids is 1. The third kappa shape index (κ3) is 5.64. The highest BCUT2D eigenvalue weighted by Crippen LogP contribution is 2.23. The van der Waals surface area contributed by atoms with Gasteiger partial charge in [-0.15, -0.1) is 0 Å². The van der Waals surface area contributed by atoms with Crippen molar-refractivity contribution >= 4 is 23.0 Å². The van der Waals surface area contributed by atoms with E-state index < -0.39 is 5.97 Å². The molecule has 0 spiro atoms. The second-order valence-electron chi connectivity index (χ2n) is 7.93. The number of carbonyl (C=O) groups is 1. The minimum Gasteiger partial charge on any atom is -0.478 e. The zero-order chi connectivity index (χ0) is 21.5. The second kappa shape index (κ2) is 10.1. The fourth-order valence-electron chi connectivity index (χ4n) is 4.03. The zero-order valence-corrected chi connectivity index (χ0v) is 17.7. The molecule has 5 heteroatoms. The molecular formula is C26H29N3O2. The monoisotopic (exact) mass is 415 g/mol. The Kier molecular flexibility index (Phi) is 6.85. The van der Waals surface area contributed by atoms with Gasteiger partial charge in [-0.2, -0.15) is 0 Å². The lowest BCUT2D eigenvalue weighted by atomic mass is 10.0. The van der Waals surface area contributed by atoms with Crippen LogP contribution in [-0.2, 0) is 12.8 Å². The Bertz CT molecular complexity index is 1010. The lowest BCUT2D eigenvalue weighted by Gasteiger charge is -2.29. The van der Waals surface area contributed by atoms with E-state index in [2.05, 4.69) is 51.9 Å². The van der Waals surface area contributed by atoms with Gasteiger partial charge in [0.2, 0.25) is 0 Å². The fraction of sp³-hybridized carbons (Fsp3) is 0.269. The van der Waals surface area contributed by atoms with Gasteiger partial charge in [0.05, 0.1) is 11.3 Å². The summed E-state index contributed by atoms with van der Waals surface area (Å²) in [4.78, 5) is 13.9. The molecule has 0 bridgehead atoms. The third-order valence-electron chi connectivity index (χ3n) is 5.71. The number of rotatable bonds is 8. The van der Waals surface area contributed by atoms with Gasteiger partial charge in [0, 0.05) is 37.6 Å². The van der Waals surface area contributed by atoms with Gasteiger partial charge in [-0.25, -0.2) is 4.79 Å². The van der Waals surface area contributed by atoms with Crippen molar-refractivity contribution in [2.24, 2.45) is 0 Å². The Hall–Kier alpha value is -3.31. The molecule has 1 aliphatic heterocycles. The van der Waals surface area contributed by atoms with Gasteiger partial charge in [0.25, 0.3) is 0 Å². The molecular weight excluding hydrogens is 386 g/mol. The quantitative estimate of drug-likeness (QED) is 0.497. The molecule has 0 radical (unpaired) electrons. The van der Waals surface area contributed by atoms with Gasteiger partial charge < -0.3 is 20.6 Å². The van der Waals surface area contributed by atoms with Crippen LogP contribution in [0.2, 0.25) is 0 Å². The number of aryl methyl sites for hydroxylation is 2. The first kappa shape index (κ1) is 20.9. The van der Waals surface area contributed by atoms with Crippen LogP contribution in [-0.4, -0.2) is 37.3 Å². The van der Waals surface area contributed by atoms with E-state index in [0.717, 1.165) is 51.1 Å². The van der Waals surface area contributed by atoms with Gasteiger partial charge in [-0.05, 0) is 66.8 Å². The lowest BCUT2D eigenvalue weighted by molar-refractivity contribution is 0.0698. The van der Waals surface area contributed by atoms with Crippen LogP contribution in [0.5, 0.6) is 0 Å². The van der Waals surface area contributed by atoms with Crippen LogP contribution >= 0.6 is 0 Å². The van der Waals surface area contributed by atoms with E-state index in [-0.39, 0.29) is 5.56 Å². The number of carboxylic acid groups (broad SMARTS) is 1. The Labute approximate surface area is 183 Å². The molecule has 1 aliphatic rings. The summed E-state index contributed by atoms with van der Waals surface area (Å²) in [6.07, 6.45) is 3.10. The van der Waals surface area contributed by atoms with Crippen molar-refractivity contribution in [3.63, 3.8) is 0 Å². The normalized spacial score (nSPS) is 13.7. The first-order valence-electron chi connectivity index (χ1n) is 10.9. The lowest BCUT2D eigenvalue weighted by Crippen LogP contribution is -2.43. The summed E-state index contributed by atoms with van der Waals surface area (Å²) in [5.41, 5.74) is 5.71. The maximum atomic E-state index is 11.4. The molecule has 3 aromatic carbocycles. The van der Waals surface area contributed by atoms with Crippen molar-refractivity contribution in [2.45, 2.75) is 19.3 Å². The van der Waals surface area contributed by atoms with E-state index in [1.165, 1.54) is 16.8 Å². The predicted molar refractivity (Wildman–Crippen MR) is 127 cm³/mol. The second-order valence-corrected chi connectivity index (χ2v) is 7.93. The van der Waals surface area contributed by atoms with E-state index in [0.29, 0.717) is 5.69 Å². The van der Waals surface area contributed by atoms with Gasteiger partial charge >= 0.3 is 5.97 Å². The molecule has 3 aromatic rings. The van der Waals surface area contributed by atoms with E-state index in [1.807, 2.05) is 18.2 Å². The van der Waals surface area contributed by atoms with Crippen LogP contribution in [0.25, 0.3) is 0 Å². The van der Waals surface area contributed by atoms with Crippen molar-refractivity contribution in [2.75, 3.05) is 36.4 Å². The van der Waals surface area contributed by atoms with E-state index in [9.17, 15) is 9.90 Å². The number of nitrogens with one attached hydrogen (secondary N) is 2. The zero-order valence-electron chi connectivity index (χ0n) is 17.7. The molecule has 4 rings (SSSR count). The van der Waals surface area contributed by atoms with Crippen LogP contribution in [0.15, 0.2) is 72.8 Å². The van der Waals surface area contributed by atoms with Crippen LogP contribution in [0.3, 0.4) is 0 Å². The minimum atomic E-state index is -0.928. The Morgan fingerprint density at radius 3 is 2.42 bits per heavy atom. The standard InChI is InChI=1S/C26H29N3O2/c30-26(31)24-9-1-2-10-25(24)28-22-8-4-7-21(19-22)6-3-5-20-11-13-23(14-12-20)29-17-15-27-16-18-29/h1-2,4,7-14,19,27-28H,3,5-6,15-18H2,(H,30,31). The summed E-state index contributed by atoms with van der Waals surface area (Å²) in [6, 6.07) is 24.2. The van der Waals surface area contributed by atoms with Crippen LogP contribution in [0, 0.1) is 0 Å². The molecule has 0 amide bonds. The summed E-state index contributed by atoms with van der Waals surface area (Å²) in [7, 11) is 0. The molecule has 1 saturated heterocycles. The number of hydrogen-bond acceptors (Lipinski definition) is 4. The summed E-state index contributed by atoms with van der Waals surface area (Å²) in [5, 5.41) is 16.0. The van der Waals surface area contributed by atoms with Crippen LogP contribution < -0.4 is 15.5 Å². The molecule has 0 aliphatic carbocycles. The smallest absolute Gasteiger partial charge is 0.337 e. The topological polar surface area (TPSA) is 64.6 Å². The number of carboxylic acids is 1. The minimum absolute atomic E-state index is 0.275. The van der Waals surface area contributed by atoms with Crippen molar-refractivity contribution in [1.82, 2.24) is 5.32 Å². The summed E-state index contributed by atoms with van der Waals surface area (Å²) in [5.74, 6) is -0.928. The highest BCUT2D eigenvalue weighted by molar-refractivity contribution is 5.95. The summed E-state index contributed by atoms with van der Waals surface area (Å²) in [6.45, 7) is 4.25. The van der Waals surface area contributed by atoms with Crippen LogP contribution in [0.4, 0.5) is 17.1 Å². The average molecular weight is 416 g/mol.